The Kier molecular flexibility index (Phi) is 2.81. The van der Waals surface area contributed by atoms with Crippen molar-refractivity contribution >= 4 is 16.7 Å². The Bertz CT molecular complexity index is 351. The average Bonchev–Trinajstić information content (AvgIpc) is 2.66. The van der Waals surface area contributed by atoms with Crippen molar-refractivity contribution in [3.05, 3.63) is 0 Å². The van der Waals surface area contributed by atoms with Crippen LogP contribution in [-0.2, 0) is 11.0 Å². The SMILES string of the molecule is CC1(C)C(=NS(=O)C(C)(C)C)[C@@H]2CC[C@H]1C2. The van der Waals surface area contributed by atoms with Crippen LogP contribution in [-0.4, -0.2) is 14.7 Å². The van der Waals surface area contributed by atoms with Gasteiger partial charge in [-0.3, -0.25) is 0 Å². The van der Waals surface area contributed by atoms with Gasteiger partial charge in [0, 0.05) is 11.1 Å². The molecule has 2 aliphatic carbocycles. The molecule has 2 bridgehead atoms. The van der Waals surface area contributed by atoms with Crippen molar-refractivity contribution in [2.24, 2.45) is 21.6 Å². The zero-order valence-corrected chi connectivity index (χ0v) is 11.9. The molecule has 0 saturated heterocycles. The third kappa shape index (κ3) is 1.87. The Morgan fingerprint density at radius 2 is 1.94 bits per heavy atom. The molecule has 2 rings (SSSR count). The number of hydrogen-bond donors (Lipinski definition) is 0. The fourth-order valence-electron chi connectivity index (χ4n) is 3.04. The molecule has 3 atom stereocenters. The summed E-state index contributed by atoms with van der Waals surface area (Å²) in [5.41, 5.74) is 1.42. The number of hydrogen-bond acceptors (Lipinski definition) is 1. The maximum atomic E-state index is 12.1. The molecule has 0 aromatic heterocycles. The zero-order chi connectivity index (χ0) is 12.1. The summed E-state index contributed by atoms with van der Waals surface area (Å²) in [6, 6.07) is 0. The first-order chi connectivity index (χ1) is 7.23. The average molecular weight is 241 g/mol. The van der Waals surface area contributed by atoms with E-state index in [1.165, 1.54) is 25.0 Å². The molecule has 0 N–H and O–H groups in total. The van der Waals surface area contributed by atoms with E-state index in [9.17, 15) is 4.21 Å². The minimum Gasteiger partial charge on any atom is -0.234 e. The summed E-state index contributed by atoms with van der Waals surface area (Å²) in [6.45, 7) is 10.5. The highest BCUT2D eigenvalue weighted by Gasteiger charge is 2.50. The Hall–Kier alpha value is -0.180. The summed E-state index contributed by atoms with van der Waals surface area (Å²) in [6.07, 6.45) is 3.86. The standard InChI is InChI=1S/C13H23NOS/c1-12(2,3)16(15)14-11-9-6-7-10(8-9)13(11,4)5/h9-10H,6-8H2,1-5H3/t9-,10+,16?/m1/s1. The first kappa shape index (κ1) is 12.3. The molecule has 2 aliphatic rings. The Morgan fingerprint density at radius 3 is 2.38 bits per heavy atom. The van der Waals surface area contributed by atoms with Crippen LogP contribution in [0.3, 0.4) is 0 Å². The number of rotatable bonds is 1. The highest BCUT2D eigenvalue weighted by molar-refractivity contribution is 7.85. The van der Waals surface area contributed by atoms with Gasteiger partial charge in [-0.05, 0) is 51.9 Å². The third-order valence-electron chi connectivity index (χ3n) is 4.21. The lowest BCUT2D eigenvalue weighted by atomic mass is 9.75. The van der Waals surface area contributed by atoms with Crippen molar-refractivity contribution in [3.63, 3.8) is 0 Å². The van der Waals surface area contributed by atoms with E-state index in [2.05, 4.69) is 18.2 Å². The van der Waals surface area contributed by atoms with Crippen LogP contribution in [0.1, 0.15) is 53.9 Å². The first-order valence-corrected chi connectivity index (χ1v) is 7.34. The van der Waals surface area contributed by atoms with E-state index in [4.69, 9.17) is 0 Å². The molecule has 0 radical (unpaired) electrons. The topological polar surface area (TPSA) is 29.4 Å². The predicted octanol–water partition coefficient (Wildman–Crippen LogP) is 3.35. The summed E-state index contributed by atoms with van der Waals surface area (Å²) in [4.78, 5) is 0. The minimum absolute atomic E-state index is 0.184. The van der Waals surface area contributed by atoms with Crippen LogP contribution in [0.5, 0.6) is 0 Å². The molecule has 3 heteroatoms. The fourth-order valence-corrected chi connectivity index (χ4v) is 3.88. The van der Waals surface area contributed by atoms with Crippen LogP contribution in [0.15, 0.2) is 4.40 Å². The molecule has 0 aliphatic heterocycles. The van der Waals surface area contributed by atoms with E-state index in [0.717, 1.165) is 5.92 Å². The second-order valence-corrected chi connectivity index (χ2v) is 8.67. The highest BCUT2D eigenvalue weighted by Crippen LogP contribution is 2.53. The van der Waals surface area contributed by atoms with Gasteiger partial charge < -0.3 is 0 Å². The fraction of sp³-hybridized carbons (Fsp3) is 0.923. The first-order valence-electron chi connectivity index (χ1n) is 6.24. The summed E-state index contributed by atoms with van der Waals surface area (Å²) in [5.74, 6) is 1.39. The van der Waals surface area contributed by atoms with Crippen molar-refractivity contribution in [3.8, 4) is 0 Å². The predicted molar refractivity (Wildman–Crippen MR) is 69.9 cm³/mol. The zero-order valence-electron chi connectivity index (χ0n) is 11.0. The summed E-state index contributed by atoms with van der Waals surface area (Å²) in [5, 5.41) is 0. The quantitative estimate of drug-likeness (QED) is 0.692. The lowest BCUT2D eigenvalue weighted by Gasteiger charge is -2.31. The molecular weight excluding hydrogens is 218 g/mol. The van der Waals surface area contributed by atoms with Gasteiger partial charge in [-0.2, -0.15) is 4.40 Å². The van der Waals surface area contributed by atoms with Gasteiger partial charge in [-0.15, -0.1) is 0 Å². The van der Waals surface area contributed by atoms with Crippen molar-refractivity contribution in [1.82, 2.24) is 0 Å². The Morgan fingerprint density at radius 1 is 1.31 bits per heavy atom. The number of nitrogens with zero attached hydrogens (tertiary/aromatic N) is 1. The highest BCUT2D eigenvalue weighted by atomic mass is 32.2. The lowest BCUT2D eigenvalue weighted by molar-refractivity contribution is 0.334. The van der Waals surface area contributed by atoms with Gasteiger partial charge in [0.25, 0.3) is 0 Å². The van der Waals surface area contributed by atoms with Gasteiger partial charge in [-0.25, -0.2) is 4.21 Å². The van der Waals surface area contributed by atoms with Crippen molar-refractivity contribution < 1.29 is 4.21 Å². The minimum atomic E-state index is -1.09. The lowest BCUT2D eigenvalue weighted by Crippen LogP contribution is -2.32. The molecule has 1 unspecified atom stereocenters. The van der Waals surface area contributed by atoms with Crippen LogP contribution in [0, 0.1) is 17.3 Å². The molecule has 0 spiro atoms. The second-order valence-electron chi connectivity index (χ2n) is 6.77. The van der Waals surface area contributed by atoms with E-state index in [0.29, 0.717) is 5.92 Å². The maximum absolute atomic E-state index is 12.1. The van der Waals surface area contributed by atoms with E-state index in [1.54, 1.807) is 0 Å². The maximum Gasteiger partial charge on any atom is 0.144 e. The van der Waals surface area contributed by atoms with Gasteiger partial charge in [0.15, 0.2) is 0 Å². The molecule has 0 aromatic carbocycles. The van der Waals surface area contributed by atoms with E-state index < -0.39 is 11.0 Å². The molecule has 16 heavy (non-hydrogen) atoms. The largest absolute Gasteiger partial charge is 0.234 e. The second kappa shape index (κ2) is 3.66. The smallest absolute Gasteiger partial charge is 0.144 e. The van der Waals surface area contributed by atoms with Crippen molar-refractivity contribution in [2.75, 3.05) is 0 Å². The molecule has 0 amide bonds. The van der Waals surface area contributed by atoms with E-state index >= 15 is 0 Å². The molecule has 0 heterocycles. The molecule has 2 fully saturated rings. The van der Waals surface area contributed by atoms with Crippen LogP contribution < -0.4 is 0 Å². The molecule has 0 aromatic rings. The van der Waals surface area contributed by atoms with Gasteiger partial charge in [-0.1, -0.05) is 13.8 Å². The monoisotopic (exact) mass is 241 g/mol. The van der Waals surface area contributed by atoms with Crippen molar-refractivity contribution in [2.45, 2.75) is 58.6 Å². The molecule has 92 valence electrons. The Balaban J connectivity index is 2.28. The molecular formula is C13H23NOS. The third-order valence-corrected chi connectivity index (χ3v) is 5.62. The molecule has 2 saturated carbocycles. The van der Waals surface area contributed by atoms with Gasteiger partial charge >= 0.3 is 0 Å². The van der Waals surface area contributed by atoms with E-state index in [-0.39, 0.29) is 10.2 Å². The van der Waals surface area contributed by atoms with Crippen molar-refractivity contribution in [1.29, 1.82) is 0 Å². The number of fused-ring (bicyclic) bond motifs is 2. The normalized spacial score (nSPS) is 36.9. The van der Waals surface area contributed by atoms with Crippen LogP contribution in [0.4, 0.5) is 0 Å². The van der Waals surface area contributed by atoms with Gasteiger partial charge in [0.1, 0.15) is 11.0 Å². The van der Waals surface area contributed by atoms with Crippen LogP contribution >= 0.6 is 0 Å². The van der Waals surface area contributed by atoms with Crippen LogP contribution in [0.2, 0.25) is 0 Å². The van der Waals surface area contributed by atoms with Gasteiger partial charge in [0.2, 0.25) is 0 Å². The van der Waals surface area contributed by atoms with E-state index in [1.807, 2.05) is 20.8 Å². The summed E-state index contributed by atoms with van der Waals surface area (Å²) < 4.78 is 16.4. The van der Waals surface area contributed by atoms with Crippen LogP contribution in [0.25, 0.3) is 0 Å². The summed E-state index contributed by atoms with van der Waals surface area (Å²) in [7, 11) is -1.09. The molecule has 2 nitrogen and oxygen atoms in total. The summed E-state index contributed by atoms with van der Waals surface area (Å²) >= 11 is 0. The van der Waals surface area contributed by atoms with Gasteiger partial charge in [0.05, 0.1) is 4.75 Å². The Labute approximate surface area is 102 Å².